The molecule has 1 aromatic carbocycles. The fourth-order valence-electron chi connectivity index (χ4n) is 1.91. The van der Waals surface area contributed by atoms with Crippen LogP contribution in [0.3, 0.4) is 0 Å². The normalized spacial score (nSPS) is 13.2. The fraction of sp³-hybridized carbons (Fsp3) is 0.385. The van der Waals surface area contributed by atoms with E-state index in [0.29, 0.717) is 5.69 Å². The first-order valence-corrected chi connectivity index (χ1v) is 6.27. The lowest BCUT2D eigenvalue weighted by molar-refractivity contribution is -0.274. The van der Waals surface area contributed by atoms with Crippen LogP contribution in [0.2, 0.25) is 0 Å². The molecule has 0 saturated carbocycles. The zero-order valence-electron chi connectivity index (χ0n) is 11.8. The van der Waals surface area contributed by atoms with Crippen molar-refractivity contribution in [1.82, 2.24) is 20.3 Å². The molecule has 0 aliphatic rings. The fourth-order valence-corrected chi connectivity index (χ4v) is 1.91. The number of nitrogens with one attached hydrogen (secondary N) is 1. The summed E-state index contributed by atoms with van der Waals surface area (Å²) in [6, 6.07) is 5.51. The second kappa shape index (κ2) is 5.72. The van der Waals surface area contributed by atoms with Crippen LogP contribution in [0.25, 0.3) is 5.69 Å². The molecule has 1 atom stereocenters. The van der Waals surface area contributed by atoms with E-state index in [-0.39, 0.29) is 11.8 Å². The summed E-state index contributed by atoms with van der Waals surface area (Å²) >= 11 is 0. The van der Waals surface area contributed by atoms with Crippen LogP contribution in [0.5, 0.6) is 5.75 Å². The summed E-state index contributed by atoms with van der Waals surface area (Å²) in [4.78, 5) is 0. The van der Waals surface area contributed by atoms with Crippen molar-refractivity contribution in [3.05, 3.63) is 35.7 Å². The number of alkyl halides is 3. The number of nitrogens with zero attached hydrogens (tertiary/aromatic N) is 3. The van der Waals surface area contributed by atoms with Gasteiger partial charge in [0.15, 0.2) is 0 Å². The molecule has 1 aromatic heterocycles. The number of hydrogen-bond donors (Lipinski definition) is 1. The van der Waals surface area contributed by atoms with Gasteiger partial charge in [-0.15, -0.1) is 18.3 Å². The van der Waals surface area contributed by atoms with Gasteiger partial charge in [-0.05, 0) is 45.2 Å². The van der Waals surface area contributed by atoms with Crippen molar-refractivity contribution in [2.75, 3.05) is 7.05 Å². The molecule has 8 heteroatoms. The Morgan fingerprint density at radius 3 is 2.38 bits per heavy atom. The number of hydrogen-bond acceptors (Lipinski definition) is 4. The Morgan fingerprint density at radius 1 is 1.24 bits per heavy atom. The third-order valence-corrected chi connectivity index (χ3v) is 3.09. The highest BCUT2D eigenvalue weighted by atomic mass is 19.4. The number of rotatable bonds is 4. The molecule has 0 aliphatic carbocycles. The van der Waals surface area contributed by atoms with Crippen molar-refractivity contribution >= 4 is 0 Å². The Balaban J connectivity index is 2.25. The highest BCUT2D eigenvalue weighted by Crippen LogP contribution is 2.24. The molecule has 0 bridgehead atoms. The molecule has 0 radical (unpaired) electrons. The third kappa shape index (κ3) is 3.52. The molecule has 1 N–H and O–H groups in total. The van der Waals surface area contributed by atoms with E-state index in [1.807, 2.05) is 20.9 Å². The van der Waals surface area contributed by atoms with E-state index in [1.54, 1.807) is 4.68 Å². The van der Waals surface area contributed by atoms with Crippen molar-refractivity contribution < 1.29 is 17.9 Å². The van der Waals surface area contributed by atoms with Gasteiger partial charge in [0.25, 0.3) is 0 Å². The maximum atomic E-state index is 12.1. The van der Waals surface area contributed by atoms with Gasteiger partial charge in [-0.1, -0.05) is 5.21 Å². The topological polar surface area (TPSA) is 52.0 Å². The van der Waals surface area contributed by atoms with E-state index in [0.717, 1.165) is 11.4 Å². The Hall–Kier alpha value is -2.09. The molecule has 114 valence electrons. The van der Waals surface area contributed by atoms with E-state index >= 15 is 0 Å². The number of benzene rings is 1. The first-order valence-electron chi connectivity index (χ1n) is 6.27. The van der Waals surface area contributed by atoms with E-state index in [4.69, 9.17) is 0 Å². The molecule has 21 heavy (non-hydrogen) atoms. The molecule has 2 aromatic rings. The van der Waals surface area contributed by atoms with Crippen molar-refractivity contribution in [2.45, 2.75) is 26.3 Å². The number of aromatic nitrogens is 3. The molecule has 0 spiro atoms. The molecule has 5 nitrogen and oxygen atoms in total. The van der Waals surface area contributed by atoms with Crippen molar-refractivity contribution in [2.24, 2.45) is 0 Å². The first kappa shape index (κ1) is 15.3. The van der Waals surface area contributed by atoms with E-state index < -0.39 is 6.36 Å². The minimum Gasteiger partial charge on any atom is -0.406 e. The van der Waals surface area contributed by atoms with E-state index in [9.17, 15) is 13.2 Å². The third-order valence-electron chi connectivity index (χ3n) is 3.09. The van der Waals surface area contributed by atoms with Crippen molar-refractivity contribution in [1.29, 1.82) is 0 Å². The van der Waals surface area contributed by atoms with Crippen LogP contribution in [0.1, 0.15) is 24.4 Å². The average molecular weight is 300 g/mol. The van der Waals surface area contributed by atoms with E-state index in [2.05, 4.69) is 20.4 Å². The Bertz CT molecular complexity index is 607. The largest absolute Gasteiger partial charge is 0.573 e. The second-order valence-electron chi connectivity index (χ2n) is 4.52. The van der Waals surface area contributed by atoms with Crippen LogP contribution in [0.15, 0.2) is 24.3 Å². The van der Waals surface area contributed by atoms with Crippen LogP contribution in [0, 0.1) is 6.92 Å². The highest BCUT2D eigenvalue weighted by molar-refractivity contribution is 5.38. The predicted octanol–water partition coefficient (Wildman–Crippen LogP) is 2.75. The van der Waals surface area contributed by atoms with Gasteiger partial charge in [0.2, 0.25) is 0 Å². The maximum absolute atomic E-state index is 12.1. The van der Waals surface area contributed by atoms with Crippen LogP contribution in [-0.4, -0.2) is 28.4 Å². The molecule has 0 aliphatic heterocycles. The maximum Gasteiger partial charge on any atom is 0.573 e. The summed E-state index contributed by atoms with van der Waals surface area (Å²) < 4.78 is 41.7. The van der Waals surface area contributed by atoms with Crippen LogP contribution < -0.4 is 10.1 Å². The second-order valence-corrected chi connectivity index (χ2v) is 4.52. The lowest BCUT2D eigenvalue weighted by atomic mass is 10.2. The molecule has 1 heterocycles. The summed E-state index contributed by atoms with van der Waals surface area (Å²) in [5, 5.41) is 11.2. The van der Waals surface area contributed by atoms with Gasteiger partial charge in [-0.2, -0.15) is 0 Å². The summed E-state index contributed by atoms with van der Waals surface area (Å²) in [6.45, 7) is 3.80. The quantitative estimate of drug-likeness (QED) is 0.943. The van der Waals surface area contributed by atoms with Crippen LogP contribution in [0.4, 0.5) is 13.2 Å². The van der Waals surface area contributed by atoms with E-state index in [1.165, 1.54) is 24.3 Å². The molecule has 0 fully saturated rings. The van der Waals surface area contributed by atoms with Gasteiger partial charge >= 0.3 is 6.36 Å². The van der Waals surface area contributed by atoms with Crippen molar-refractivity contribution in [3.8, 4) is 11.4 Å². The summed E-state index contributed by atoms with van der Waals surface area (Å²) in [7, 11) is 1.81. The highest BCUT2D eigenvalue weighted by Gasteiger charge is 2.31. The molecule has 1 unspecified atom stereocenters. The molecule has 0 saturated heterocycles. The van der Waals surface area contributed by atoms with Gasteiger partial charge in [-0.25, -0.2) is 4.68 Å². The molecule has 2 rings (SSSR count). The van der Waals surface area contributed by atoms with Crippen LogP contribution >= 0.6 is 0 Å². The van der Waals surface area contributed by atoms with Gasteiger partial charge in [-0.3, -0.25) is 0 Å². The first-order chi connectivity index (χ1) is 9.81. The average Bonchev–Trinajstić information content (AvgIpc) is 2.79. The lowest BCUT2D eigenvalue weighted by Gasteiger charge is -2.10. The van der Waals surface area contributed by atoms with Crippen LogP contribution in [-0.2, 0) is 0 Å². The summed E-state index contributed by atoms with van der Waals surface area (Å²) in [5.41, 5.74) is 2.22. The number of ether oxygens (including phenoxy) is 1. The van der Waals surface area contributed by atoms with Gasteiger partial charge in [0, 0.05) is 0 Å². The zero-order chi connectivity index (χ0) is 15.6. The Morgan fingerprint density at radius 2 is 1.86 bits per heavy atom. The molecular weight excluding hydrogens is 285 g/mol. The Kier molecular flexibility index (Phi) is 4.17. The van der Waals surface area contributed by atoms with Crippen molar-refractivity contribution in [3.63, 3.8) is 0 Å². The lowest BCUT2D eigenvalue weighted by Crippen LogP contribution is -2.17. The smallest absolute Gasteiger partial charge is 0.406 e. The number of halogens is 3. The standard InChI is InChI=1S/C13H15F3N4O/c1-8(17-3)12-9(2)20(19-18-12)10-4-6-11(7-5-10)21-13(14,15)16/h4-8,17H,1-3H3. The summed E-state index contributed by atoms with van der Waals surface area (Å²) in [5.74, 6) is -0.271. The predicted molar refractivity (Wildman–Crippen MR) is 70.3 cm³/mol. The monoisotopic (exact) mass is 300 g/mol. The minimum atomic E-state index is -4.69. The van der Waals surface area contributed by atoms with Gasteiger partial charge in [0.05, 0.1) is 17.4 Å². The summed E-state index contributed by atoms with van der Waals surface area (Å²) in [6.07, 6.45) is -4.69. The van der Waals surface area contributed by atoms with Gasteiger partial charge < -0.3 is 10.1 Å². The SMILES string of the molecule is CNC(C)c1nnn(-c2ccc(OC(F)(F)F)cc2)c1C. The minimum absolute atomic E-state index is 0.0339. The molecule has 0 amide bonds. The van der Waals surface area contributed by atoms with Gasteiger partial charge in [0.1, 0.15) is 11.4 Å². The molecular formula is C13H15F3N4O. The zero-order valence-corrected chi connectivity index (χ0v) is 11.8. The Labute approximate surface area is 119 Å².